The number of rotatable bonds is 5. The third-order valence-electron chi connectivity index (χ3n) is 4.07. The molecule has 0 aromatic rings. The van der Waals surface area contributed by atoms with Gasteiger partial charge in [0.15, 0.2) is 6.29 Å². The molecule has 0 bridgehead atoms. The third kappa shape index (κ3) is 3.23. The van der Waals surface area contributed by atoms with E-state index in [-0.39, 0.29) is 0 Å². The van der Waals surface area contributed by atoms with E-state index in [0.29, 0.717) is 0 Å². The van der Waals surface area contributed by atoms with Crippen LogP contribution in [0, 0.1) is 0 Å². The van der Waals surface area contributed by atoms with E-state index in [2.05, 4.69) is 0 Å². The molecule has 3 unspecified atom stereocenters. The van der Waals surface area contributed by atoms with Crippen LogP contribution in [0.15, 0.2) is 0 Å². The summed E-state index contributed by atoms with van der Waals surface area (Å²) in [4.78, 5) is 0. The minimum absolute atomic E-state index is 0.669. The van der Waals surface area contributed by atoms with Crippen LogP contribution in [0.3, 0.4) is 0 Å². The predicted octanol–water partition coefficient (Wildman–Crippen LogP) is -5.40. The first-order valence-corrected chi connectivity index (χ1v) is 7.05. The molecule has 2 fully saturated rings. The highest BCUT2D eigenvalue weighted by Crippen LogP contribution is 2.35. The molecule has 136 valence electrons. The lowest BCUT2D eigenvalue weighted by Crippen LogP contribution is -2.62. The van der Waals surface area contributed by atoms with E-state index in [1.165, 1.54) is 0 Å². The zero-order valence-electron chi connectivity index (χ0n) is 12.0. The van der Waals surface area contributed by atoms with Gasteiger partial charge in [0, 0.05) is 0 Å². The molecule has 2 saturated heterocycles. The number of hydrogen-bond acceptors (Lipinski definition) is 11. The van der Waals surface area contributed by atoms with Crippen LogP contribution in [-0.4, -0.2) is 115 Å². The Hall–Kier alpha value is -0.440. The van der Waals surface area contributed by atoms with Crippen molar-refractivity contribution in [2.75, 3.05) is 19.8 Å². The summed E-state index contributed by atoms with van der Waals surface area (Å²) in [6.07, 6.45) is -12.7. The van der Waals surface area contributed by atoms with Crippen molar-refractivity contribution < 1.29 is 55.1 Å². The van der Waals surface area contributed by atoms with Gasteiger partial charge in [-0.05, 0) is 0 Å². The Balaban J connectivity index is 2.18. The summed E-state index contributed by atoms with van der Waals surface area (Å²) >= 11 is 0. The first-order valence-electron chi connectivity index (χ1n) is 7.05. The molecule has 2 aliphatic heterocycles. The summed E-state index contributed by atoms with van der Waals surface area (Å²) in [5, 5.41) is 76.7. The highest BCUT2D eigenvalue weighted by atomic mass is 16.8. The monoisotopic (exact) mass is 342 g/mol. The lowest BCUT2D eigenvalue weighted by Gasteiger charge is -2.43. The molecule has 0 aromatic carbocycles. The molecule has 0 amide bonds. The van der Waals surface area contributed by atoms with E-state index in [0.717, 1.165) is 0 Å². The Bertz CT molecular complexity index is 393. The summed E-state index contributed by atoms with van der Waals surface area (Å²) in [6, 6.07) is 0. The highest BCUT2D eigenvalue weighted by molar-refractivity contribution is 4.98. The highest BCUT2D eigenvalue weighted by Gasteiger charge is 2.58. The quantitative estimate of drug-likeness (QED) is 0.238. The van der Waals surface area contributed by atoms with E-state index in [9.17, 15) is 30.6 Å². The van der Waals surface area contributed by atoms with Crippen LogP contribution < -0.4 is 0 Å². The Morgan fingerprint density at radius 1 is 0.783 bits per heavy atom. The zero-order chi connectivity index (χ0) is 17.4. The average Bonchev–Trinajstić information content (AvgIpc) is 2.80. The maximum atomic E-state index is 10.00. The van der Waals surface area contributed by atoms with E-state index in [1.807, 2.05) is 0 Å². The van der Waals surface area contributed by atoms with Crippen molar-refractivity contribution >= 4 is 0 Å². The molecule has 11 nitrogen and oxygen atoms in total. The van der Waals surface area contributed by atoms with Gasteiger partial charge in [0.05, 0.1) is 13.2 Å². The largest absolute Gasteiger partial charge is 0.394 e. The van der Waals surface area contributed by atoms with Gasteiger partial charge in [0.1, 0.15) is 49.3 Å². The van der Waals surface area contributed by atoms with Crippen LogP contribution in [0.5, 0.6) is 0 Å². The molecule has 2 aliphatic rings. The van der Waals surface area contributed by atoms with Crippen LogP contribution in [0.2, 0.25) is 0 Å². The minimum atomic E-state index is -2.22. The number of hydrogen-bond donors (Lipinski definition) is 8. The molecule has 9 atom stereocenters. The van der Waals surface area contributed by atoms with E-state index < -0.39 is 74.6 Å². The number of aliphatic hydroxyl groups excluding tert-OH is 8. The second kappa shape index (κ2) is 7.21. The van der Waals surface area contributed by atoms with Crippen LogP contribution in [0.4, 0.5) is 0 Å². The Kier molecular flexibility index (Phi) is 5.92. The summed E-state index contributed by atoms with van der Waals surface area (Å²) in [5.41, 5.74) is 0. The molecule has 0 radical (unpaired) electrons. The van der Waals surface area contributed by atoms with E-state index >= 15 is 0 Å². The van der Waals surface area contributed by atoms with Gasteiger partial charge >= 0.3 is 0 Å². The Morgan fingerprint density at radius 3 is 1.87 bits per heavy atom. The third-order valence-corrected chi connectivity index (χ3v) is 4.07. The molecular weight excluding hydrogens is 320 g/mol. The molecule has 8 N–H and O–H groups in total. The fourth-order valence-corrected chi connectivity index (χ4v) is 2.63. The molecule has 23 heavy (non-hydrogen) atoms. The van der Waals surface area contributed by atoms with Crippen molar-refractivity contribution in [3.63, 3.8) is 0 Å². The van der Waals surface area contributed by atoms with Gasteiger partial charge in [-0.25, -0.2) is 0 Å². The summed E-state index contributed by atoms with van der Waals surface area (Å²) in [6.45, 7) is -2.32. The minimum Gasteiger partial charge on any atom is -0.394 e. The van der Waals surface area contributed by atoms with Crippen molar-refractivity contribution in [1.82, 2.24) is 0 Å². The van der Waals surface area contributed by atoms with Crippen LogP contribution >= 0.6 is 0 Å². The lowest BCUT2D eigenvalue weighted by molar-refractivity contribution is -0.383. The van der Waals surface area contributed by atoms with Crippen molar-refractivity contribution in [1.29, 1.82) is 0 Å². The standard InChI is InChI=1S/C12H22O11/c13-1-4-6(16)8(18)9(19)11(21-4)23-12(3-15)10(20)7(17)5(2-14)22-12/h4-11,13-20H,1-3H2/t4?,5-,6-,7?,8-,9?,10+,11+,12-/m0/s1. The Morgan fingerprint density at radius 2 is 1.39 bits per heavy atom. The molecule has 0 spiro atoms. The van der Waals surface area contributed by atoms with Gasteiger partial charge < -0.3 is 55.1 Å². The predicted molar refractivity (Wildman–Crippen MR) is 68.6 cm³/mol. The normalized spacial score (nSPS) is 51.1. The van der Waals surface area contributed by atoms with Gasteiger partial charge in [-0.2, -0.15) is 0 Å². The molecule has 0 saturated carbocycles. The first kappa shape index (κ1) is 18.9. The maximum Gasteiger partial charge on any atom is 0.224 e. The van der Waals surface area contributed by atoms with Crippen molar-refractivity contribution in [2.24, 2.45) is 0 Å². The van der Waals surface area contributed by atoms with Gasteiger partial charge in [0.25, 0.3) is 0 Å². The molecule has 0 aliphatic carbocycles. The van der Waals surface area contributed by atoms with Gasteiger partial charge in [-0.3, -0.25) is 0 Å². The summed E-state index contributed by atoms with van der Waals surface area (Å²) in [5.74, 6) is -2.22. The fraction of sp³-hybridized carbons (Fsp3) is 1.00. The van der Waals surface area contributed by atoms with E-state index in [4.69, 9.17) is 24.4 Å². The van der Waals surface area contributed by atoms with Gasteiger partial charge in [-0.1, -0.05) is 0 Å². The SMILES string of the molecule is OCC1O[C@H](O[C@]2(CO)O[C@@H](CO)C(O)[C@H]2O)C(O)[C@@H](O)[C@H]1O. The van der Waals surface area contributed by atoms with Crippen molar-refractivity contribution in [3.05, 3.63) is 0 Å². The van der Waals surface area contributed by atoms with Crippen molar-refractivity contribution in [3.8, 4) is 0 Å². The molecule has 2 rings (SSSR count). The fourth-order valence-electron chi connectivity index (χ4n) is 2.63. The second-order valence-corrected chi connectivity index (χ2v) is 5.56. The molecule has 0 aromatic heterocycles. The maximum absolute atomic E-state index is 10.00. The van der Waals surface area contributed by atoms with Crippen LogP contribution in [-0.2, 0) is 14.2 Å². The van der Waals surface area contributed by atoms with E-state index in [1.54, 1.807) is 0 Å². The summed E-state index contributed by atoms with van der Waals surface area (Å²) in [7, 11) is 0. The number of ether oxygens (including phenoxy) is 3. The van der Waals surface area contributed by atoms with Crippen LogP contribution in [0.1, 0.15) is 0 Å². The molecule has 11 heteroatoms. The first-order chi connectivity index (χ1) is 10.8. The van der Waals surface area contributed by atoms with Gasteiger partial charge in [0.2, 0.25) is 5.79 Å². The van der Waals surface area contributed by atoms with Crippen LogP contribution in [0.25, 0.3) is 0 Å². The summed E-state index contributed by atoms with van der Waals surface area (Å²) < 4.78 is 15.4. The molecule has 2 heterocycles. The van der Waals surface area contributed by atoms with Crippen molar-refractivity contribution in [2.45, 2.75) is 54.8 Å². The topological polar surface area (TPSA) is 190 Å². The smallest absolute Gasteiger partial charge is 0.224 e. The second-order valence-electron chi connectivity index (χ2n) is 5.56. The molecular formula is C12H22O11. The van der Waals surface area contributed by atoms with Gasteiger partial charge in [-0.15, -0.1) is 0 Å². The zero-order valence-corrected chi connectivity index (χ0v) is 12.0. The lowest BCUT2D eigenvalue weighted by atomic mass is 9.99. The average molecular weight is 342 g/mol. The Labute approximate surface area is 130 Å². The number of aliphatic hydroxyl groups is 8.